The summed E-state index contributed by atoms with van der Waals surface area (Å²) in [5, 5.41) is 6.16. The van der Waals surface area contributed by atoms with Crippen LogP contribution in [0.5, 0.6) is 0 Å². The van der Waals surface area contributed by atoms with Gasteiger partial charge >= 0.3 is 0 Å². The highest BCUT2D eigenvalue weighted by Crippen LogP contribution is 2.19. The second-order valence-electron chi connectivity index (χ2n) is 5.75. The lowest BCUT2D eigenvalue weighted by atomic mass is 10.1. The number of rotatable bonds is 5. The first kappa shape index (κ1) is 16.8. The van der Waals surface area contributed by atoms with E-state index in [2.05, 4.69) is 39.7 Å². The van der Waals surface area contributed by atoms with E-state index in [1.165, 1.54) is 17.2 Å². The van der Waals surface area contributed by atoms with Crippen LogP contribution >= 0.6 is 0 Å². The number of aromatic nitrogens is 2. The predicted molar refractivity (Wildman–Crippen MR) is 94.9 cm³/mol. The molecule has 4 nitrogen and oxygen atoms in total. The Morgan fingerprint density at radius 1 is 0.920 bits per heavy atom. The number of nitrogens with one attached hydrogen (secondary N) is 2. The molecule has 0 aliphatic rings. The fraction of sp³-hybridized carbons (Fsp3) is 0.158. The number of benzene rings is 2. The minimum Gasteiger partial charge on any atom is -0.366 e. The molecule has 0 saturated heterocycles. The molecule has 0 fully saturated rings. The summed E-state index contributed by atoms with van der Waals surface area (Å²) in [6.45, 7) is 4.53. The molecule has 0 amide bonds. The van der Waals surface area contributed by atoms with Crippen molar-refractivity contribution in [3.8, 4) is 0 Å². The van der Waals surface area contributed by atoms with Crippen molar-refractivity contribution >= 4 is 17.5 Å². The molecule has 6 heteroatoms. The third-order valence-electron chi connectivity index (χ3n) is 3.75. The van der Waals surface area contributed by atoms with Gasteiger partial charge in [0, 0.05) is 30.1 Å². The van der Waals surface area contributed by atoms with Gasteiger partial charge in [0.15, 0.2) is 11.6 Å². The Balaban J connectivity index is 1.76. The molecule has 2 N–H and O–H groups in total. The van der Waals surface area contributed by atoms with Gasteiger partial charge in [-0.05, 0) is 37.1 Å². The summed E-state index contributed by atoms with van der Waals surface area (Å²) in [6.07, 6.45) is 0. The molecule has 128 valence electrons. The van der Waals surface area contributed by atoms with Crippen LogP contribution in [0.2, 0.25) is 0 Å². The summed E-state index contributed by atoms with van der Waals surface area (Å²) >= 11 is 0. The molecular weight excluding hydrogens is 322 g/mol. The fourth-order valence-electron chi connectivity index (χ4n) is 2.41. The molecule has 0 atom stereocenters. The van der Waals surface area contributed by atoms with Crippen molar-refractivity contribution in [2.75, 3.05) is 10.6 Å². The Kier molecular flexibility index (Phi) is 4.88. The monoisotopic (exact) mass is 340 g/mol. The highest BCUT2D eigenvalue weighted by Gasteiger charge is 2.06. The number of hydrogen-bond acceptors (Lipinski definition) is 4. The topological polar surface area (TPSA) is 49.8 Å². The number of hydrogen-bond donors (Lipinski definition) is 2. The minimum atomic E-state index is -0.921. The maximum Gasteiger partial charge on any atom is 0.229 e. The van der Waals surface area contributed by atoms with E-state index in [1.807, 2.05) is 25.1 Å². The molecular formula is C19H18F2N4. The van der Waals surface area contributed by atoms with E-state index in [9.17, 15) is 8.78 Å². The maximum absolute atomic E-state index is 13.3. The van der Waals surface area contributed by atoms with E-state index in [0.717, 1.165) is 17.8 Å². The van der Waals surface area contributed by atoms with E-state index in [-0.39, 0.29) is 0 Å². The van der Waals surface area contributed by atoms with Crippen molar-refractivity contribution in [3.05, 3.63) is 77.0 Å². The normalized spacial score (nSPS) is 10.6. The largest absolute Gasteiger partial charge is 0.366 e. The first-order chi connectivity index (χ1) is 12.0. The van der Waals surface area contributed by atoms with Gasteiger partial charge in [0.1, 0.15) is 5.82 Å². The minimum absolute atomic E-state index is 0.318. The lowest BCUT2D eigenvalue weighted by Crippen LogP contribution is -2.06. The van der Waals surface area contributed by atoms with Gasteiger partial charge in [-0.25, -0.2) is 13.8 Å². The maximum atomic E-state index is 13.3. The number of halogens is 2. The van der Waals surface area contributed by atoms with Crippen LogP contribution in [0.15, 0.2) is 48.5 Å². The smallest absolute Gasteiger partial charge is 0.229 e. The van der Waals surface area contributed by atoms with Gasteiger partial charge in [-0.2, -0.15) is 4.98 Å². The van der Waals surface area contributed by atoms with Gasteiger partial charge in [0.05, 0.1) is 0 Å². The molecule has 1 aromatic heterocycles. The van der Waals surface area contributed by atoms with Gasteiger partial charge in [-0.3, -0.25) is 0 Å². The molecule has 3 aromatic rings. The zero-order chi connectivity index (χ0) is 17.8. The van der Waals surface area contributed by atoms with Gasteiger partial charge in [-0.15, -0.1) is 0 Å². The van der Waals surface area contributed by atoms with E-state index in [1.54, 1.807) is 0 Å². The summed E-state index contributed by atoms with van der Waals surface area (Å²) in [7, 11) is 0. The molecule has 2 aromatic carbocycles. The first-order valence-electron chi connectivity index (χ1n) is 7.87. The molecule has 0 unspecified atom stereocenters. The van der Waals surface area contributed by atoms with Crippen LogP contribution < -0.4 is 10.6 Å². The van der Waals surface area contributed by atoms with Gasteiger partial charge in [-0.1, -0.05) is 24.3 Å². The van der Waals surface area contributed by atoms with Crippen molar-refractivity contribution in [3.63, 3.8) is 0 Å². The quantitative estimate of drug-likeness (QED) is 0.705. The van der Waals surface area contributed by atoms with Crippen molar-refractivity contribution in [2.24, 2.45) is 0 Å². The van der Waals surface area contributed by atoms with Crippen LogP contribution in [0.3, 0.4) is 0 Å². The molecule has 1 heterocycles. The summed E-state index contributed by atoms with van der Waals surface area (Å²) in [6, 6.07) is 13.5. The average molecular weight is 340 g/mol. The number of nitrogens with zero attached hydrogens (tertiary/aromatic N) is 2. The van der Waals surface area contributed by atoms with Gasteiger partial charge < -0.3 is 10.6 Å². The van der Waals surface area contributed by atoms with Crippen LogP contribution in [0.4, 0.5) is 26.2 Å². The summed E-state index contributed by atoms with van der Waals surface area (Å²) in [5.41, 5.74) is 3.51. The van der Waals surface area contributed by atoms with Gasteiger partial charge in [0.25, 0.3) is 0 Å². The molecule has 0 saturated carbocycles. The van der Waals surface area contributed by atoms with Crippen LogP contribution in [0.25, 0.3) is 0 Å². The second kappa shape index (κ2) is 7.25. The van der Waals surface area contributed by atoms with Crippen LogP contribution in [-0.4, -0.2) is 9.97 Å². The van der Waals surface area contributed by atoms with Crippen molar-refractivity contribution in [1.29, 1.82) is 0 Å². The van der Waals surface area contributed by atoms with Crippen LogP contribution in [0, 0.1) is 25.5 Å². The van der Waals surface area contributed by atoms with Crippen molar-refractivity contribution in [1.82, 2.24) is 9.97 Å². The van der Waals surface area contributed by atoms with Crippen LogP contribution in [0.1, 0.15) is 16.8 Å². The predicted octanol–water partition coefficient (Wildman–Crippen LogP) is 4.73. The zero-order valence-corrected chi connectivity index (χ0v) is 14.0. The second-order valence-corrected chi connectivity index (χ2v) is 5.75. The molecule has 0 spiro atoms. The Morgan fingerprint density at radius 3 is 2.48 bits per heavy atom. The summed E-state index contributed by atoms with van der Waals surface area (Å²) < 4.78 is 26.3. The Bertz CT molecular complexity index is 896. The van der Waals surface area contributed by atoms with E-state index in [0.29, 0.717) is 24.0 Å². The molecule has 0 bridgehead atoms. The third-order valence-corrected chi connectivity index (χ3v) is 3.75. The molecule has 25 heavy (non-hydrogen) atoms. The molecule has 0 aliphatic heterocycles. The lowest BCUT2D eigenvalue weighted by Gasteiger charge is -2.11. The Labute approximate surface area is 145 Å². The Morgan fingerprint density at radius 2 is 1.72 bits per heavy atom. The van der Waals surface area contributed by atoms with E-state index < -0.39 is 11.6 Å². The molecule has 3 rings (SSSR count). The first-order valence-corrected chi connectivity index (χ1v) is 7.87. The van der Waals surface area contributed by atoms with Gasteiger partial charge in [0.2, 0.25) is 5.95 Å². The summed E-state index contributed by atoms with van der Waals surface area (Å²) in [4.78, 5) is 8.65. The average Bonchev–Trinajstić information content (AvgIpc) is 2.57. The Hall–Kier alpha value is -3.02. The zero-order valence-electron chi connectivity index (χ0n) is 14.0. The number of aryl methyl sites for hydroxylation is 2. The van der Waals surface area contributed by atoms with E-state index in [4.69, 9.17) is 0 Å². The highest BCUT2D eigenvalue weighted by molar-refractivity contribution is 5.55. The third kappa shape index (κ3) is 4.29. The molecule has 0 radical (unpaired) electrons. The lowest BCUT2D eigenvalue weighted by molar-refractivity contribution is 0.509. The number of anilines is 3. The fourth-order valence-corrected chi connectivity index (χ4v) is 2.41. The standard InChI is InChI=1S/C19H18F2N4/c1-12-5-3-4-6-14(12)11-22-18-9-13(2)23-19(25-18)24-15-7-8-16(20)17(21)10-15/h3-10H,11H2,1-2H3,(H2,22,23,24,25). The van der Waals surface area contributed by atoms with Crippen LogP contribution in [-0.2, 0) is 6.54 Å². The SMILES string of the molecule is Cc1cc(NCc2ccccc2C)nc(Nc2ccc(F)c(F)c2)n1. The van der Waals surface area contributed by atoms with E-state index >= 15 is 0 Å². The highest BCUT2D eigenvalue weighted by atomic mass is 19.2. The summed E-state index contributed by atoms with van der Waals surface area (Å²) in [5.74, 6) is -0.842. The van der Waals surface area contributed by atoms with Crippen molar-refractivity contribution in [2.45, 2.75) is 20.4 Å². The molecule has 0 aliphatic carbocycles. The van der Waals surface area contributed by atoms with Crippen molar-refractivity contribution < 1.29 is 8.78 Å².